The number of aromatic nitrogens is 2. The van der Waals surface area contributed by atoms with Gasteiger partial charge in [0.1, 0.15) is 6.54 Å². The van der Waals surface area contributed by atoms with Gasteiger partial charge in [-0.25, -0.2) is 12.7 Å². The molecule has 0 bridgehead atoms. The lowest BCUT2D eigenvalue weighted by Gasteiger charge is -2.23. The molecule has 170 valence electrons. The molecule has 1 heterocycles. The van der Waals surface area contributed by atoms with E-state index in [2.05, 4.69) is 0 Å². The number of hydrogen-bond acceptors (Lipinski definition) is 5. The van der Waals surface area contributed by atoms with Gasteiger partial charge in [-0.15, -0.1) is 0 Å². The van der Waals surface area contributed by atoms with Crippen LogP contribution in [0.25, 0.3) is 11.0 Å². The van der Waals surface area contributed by atoms with Crippen molar-refractivity contribution in [2.24, 2.45) is 5.92 Å². The highest BCUT2D eigenvalue weighted by Crippen LogP contribution is 2.30. The molecule has 10 heteroatoms. The molecular formula is C21H30N4O5S. The van der Waals surface area contributed by atoms with E-state index in [1.807, 2.05) is 6.92 Å². The Kier molecular flexibility index (Phi) is 6.70. The molecule has 1 aliphatic carbocycles. The molecule has 0 spiro atoms. The van der Waals surface area contributed by atoms with Crippen LogP contribution >= 0.6 is 0 Å². The number of aryl methyl sites for hydroxylation is 1. The molecule has 1 saturated carbocycles. The van der Waals surface area contributed by atoms with Gasteiger partial charge in [0.25, 0.3) is 0 Å². The van der Waals surface area contributed by atoms with Gasteiger partial charge in [0.05, 0.1) is 15.9 Å². The summed E-state index contributed by atoms with van der Waals surface area (Å²) in [4.78, 5) is 40.4. The van der Waals surface area contributed by atoms with Crippen LogP contribution in [-0.2, 0) is 27.9 Å². The summed E-state index contributed by atoms with van der Waals surface area (Å²) >= 11 is 0. The summed E-state index contributed by atoms with van der Waals surface area (Å²) in [7, 11) is -0.913. The van der Waals surface area contributed by atoms with Crippen LogP contribution in [0.1, 0.15) is 33.1 Å². The van der Waals surface area contributed by atoms with Gasteiger partial charge in [-0.1, -0.05) is 6.92 Å². The first-order valence-electron chi connectivity index (χ1n) is 10.6. The fourth-order valence-corrected chi connectivity index (χ4v) is 4.60. The van der Waals surface area contributed by atoms with Crippen LogP contribution in [0, 0.1) is 5.92 Å². The largest absolute Gasteiger partial charge is 0.341 e. The number of carbonyl (C=O) groups excluding carboxylic acids is 1. The zero-order valence-electron chi connectivity index (χ0n) is 18.5. The van der Waals surface area contributed by atoms with Gasteiger partial charge in [-0.3, -0.25) is 19.0 Å². The molecule has 31 heavy (non-hydrogen) atoms. The number of sulfonamides is 1. The first kappa shape index (κ1) is 23.2. The molecule has 1 fully saturated rings. The number of fused-ring (bicyclic) bond motifs is 1. The topological polar surface area (TPSA) is 102 Å². The molecule has 0 aliphatic heterocycles. The lowest BCUT2D eigenvalue weighted by Crippen LogP contribution is -2.45. The molecule has 0 radical (unpaired) electrons. The standard InChI is InChI=1S/C21H30N4O5S/c1-5-11-23(13-15-7-8-15)19(26)14-25-18-12-16(31(29,30)22(3)4)9-10-17(18)24(6-2)20(27)21(25)28/h9-10,12,15H,5-8,11,13-14H2,1-4H3. The second-order valence-electron chi connectivity index (χ2n) is 8.16. The molecule has 9 nitrogen and oxygen atoms in total. The van der Waals surface area contributed by atoms with Gasteiger partial charge >= 0.3 is 11.1 Å². The van der Waals surface area contributed by atoms with Crippen molar-refractivity contribution in [1.29, 1.82) is 0 Å². The third kappa shape index (κ3) is 4.59. The van der Waals surface area contributed by atoms with E-state index in [0.29, 0.717) is 24.5 Å². The quantitative estimate of drug-likeness (QED) is 0.532. The third-order valence-electron chi connectivity index (χ3n) is 5.61. The highest BCUT2D eigenvalue weighted by Gasteiger charge is 2.27. The van der Waals surface area contributed by atoms with E-state index in [1.54, 1.807) is 11.8 Å². The zero-order chi connectivity index (χ0) is 22.9. The van der Waals surface area contributed by atoms with E-state index in [1.165, 1.54) is 36.9 Å². The zero-order valence-corrected chi connectivity index (χ0v) is 19.3. The van der Waals surface area contributed by atoms with E-state index >= 15 is 0 Å². The summed E-state index contributed by atoms with van der Waals surface area (Å²) in [6, 6.07) is 4.30. The molecule has 1 amide bonds. The van der Waals surface area contributed by atoms with E-state index in [9.17, 15) is 22.8 Å². The third-order valence-corrected chi connectivity index (χ3v) is 7.42. The minimum absolute atomic E-state index is 0.00436. The van der Waals surface area contributed by atoms with Crippen molar-refractivity contribution in [3.05, 3.63) is 38.9 Å². The lowest BCUT2D eigenvalue weighted by atomic mass is 10.2. The van der Waals surface area contributed by atoms with Gasteiger partial charge in [0, 0.05) is 33.7 Å². The second kappa shape index (κ2) is 8.96. The van der Waals surface area contributed by atoms with Crippen LogP contribution in [-0.4, -0.2) is 59.8 Å². The predicted molar refractivity (Wildman–Crippen MR) is 119 cm³/mol. The van der Waals surface area contributed by atoms with E-state index in [4.69, 9.17) is 0 Å². The minimum atomic E-state index is -3.75. The Hall–Kier alpha value is -2.46. The van der Waals surface area contributed by atoms with E-state index < -0.39 is 21.1 Å². The molecule has 3 rings (SSSR count). The molecular weight excluding hydrogens is 420 g/mol. The Balaban J connectivity index is 2.16. The van der Waals surface area contributed by atoms with Crippen LogP contribution < -0.4 is 11.1 Å². The Bertz CT molecular complexity index is 1210. The van der Waals surface area contributed by atoms with Crippen LogP contribution in [0.2, 0.25) is 0 Å². The van der Waals surface area contributed by atoms with Crippen LogP contribution in [0.5, 0.6) is 0 Å². The Labute approximate surface area is 181 Å². The summed E-state index contributed by atoms with van der Waals surface area (Å²) in [6.45, 7) is 4.89. The maximum Gasteiger partial charge on any atom is 0.317 e. The van der Waals surface area contributed by atoms with Crippen molar-refractivity contribution in [3.8, 4) is 0 Å². The van der Waals surface area contributed by atoms with E-state index in [-0.39, 0.29) is 29.4 Å². The number of hydrogen-bond donors (Lipinski definition) is 0. The smallest absolute Gasteiger partial charge is 0.317 e. The highest BCUT2D eigenvalue weighted by atomic mass is 32.2. The summed E-state index contributed by atoms with van der Waals surface area (Å²) in [5, 5.41) is 0. The van der Waals surface area contributed by atoms with Gasteiger partial charge in [-0.2, -0.15) is 0 Å². The fourth-order valence-electron chi connectivity index (χ4n) is 3.67. The number of carbonyl (C=O) groups is 1. The van der Waals surface area contributed by atoms with Gasteiger partial charge in [-0.05, 0) is 50.3 Å². The van der Waals surface area contributed by atoms with Crippen molar-refractivity contribution in [2.75, 3.05) is 27.2 Å². The van der Waals surface area contributed by atoms with Crippen molar-refractivity contribution in [3.63, 3.8) is 0 Å². The first-order valence-corrected chi connectivity index (χ1v) is 12.0. The number of amides is 1. The predicted octanol–water partition coefficient (Wildman–Crippen LogP) is 1.08. The monoisotopic (exact) mass is 450 g/mol. The number of rotatable bonds is 9. The Morgan fingerprint density at radius 1 is 1.06 bits per heavy atom. The molecule has 0 N–H and O–H groups in total. The molecule has 0 atom stereocenters. The maximum absolute atomic E-state index is 13.0. The summed E-state index contributed by atoms with van der Waals surface area (Å²) in [5.41, 5.74) is -0.882. The summed E-state index contributed by atoms with van der Waals surface area (Å²) < 4.78 is 28.8. The van der Waals surface area contributed by atoms with Gasteiger partial charge < -0.3 is 9.47 Å². The molecule has 2 aromatic rings. The lowest BCUT2D eigenvalue weighted by molar-refractivity contribution is -0.132. The number of benzene rings is 1. The fraction of sp³-hybridized carbons (Fsp3) is 0.571. The van der Waals surface area contributed by atoms with Gasteiger partial charge in [0.15, 0.2) is 0 Å². The van der Waals surface area contributed by atoms with Crippen LogP contribution in [0.3, 0.4) is 0 Å². The van der Waals surface area contributed by atoms with Crippen molar-refractivity contribution >= 4 is 27.0 Å². The van der Waals surface area contributed by atoms with Crippen molar-refractivity contribution in [1.82, 2.24) is 18.3 Å². The Morgan fingerprint density at radius 3 is 2.26 bits per heavy atom. The minimum Gasteiger partial charge on any atom is -0.341 e. The first-order chi connectivity index (χ1) is 14.6. The van der Waals surface area contributed by atoms with Crippen molar-refractivity contribution in [2.45, 2.75) is 51.1 Å². The summed E-state index contributed by atoms with van der Waals surface area (Å²) in [6.07, 6.45) is 2.97. The Morgan fingerprint density at radius 2 is 1.71 bits per heavy atom. The average Bonchev–Trinajstić information content (AvgIpc) is 3.55. The SMILES string of the molecule is CCCN(CC1CC1)C(=O)Cn1c(=O)c(=O)n(CC)c2ccc(S(=O)(=O)N(C)C)cc21. The van der Waals surface area contributed by atoms with Crippen molar-refractivity contribution < 1.29 is 13.2 Å². The highest BCUT2D eigenvalue weighted by molar-refractivity contribution is 7.89. The van der Waals surface area contributed by atoms with Crippen LogP contribution in [0.4, 0.5) is 0 Å². The average molecular weight is 451 g/mol. The molecule has 0 saturated heterocycles. The number of nitrogens with zero attached hydrogens (tertiary/aromatic N) is 4. The maximum atomic E-state index is 13.0. The molecule has 1 aliphatic rings. The molecule has 0 unspecified atom stereocenters. The normalized spacial score (nSPS) is 14.4. The second-order valence-corrected chi connectivity index (χ2v) is 10.3. The van der Waals surface area contributed by atoms with Crippen LogP contribution in [0.15, 0.2) is 32.7 Å². The summed E-state index contributed by atoms with van der Waals surface area (Å²) in [5.74, 6) is 0.251. The molecule has 1 aromatic carbocycles. The van der Waals surface area contributed by atoms with E-state index in [0.717, 1.165) is 28.1 Å². The molecule has 1 aromatic heterocycles. The van der Waals surface area contributed by atoms with Gasteiger partial charge in [0.2, 0.25) is 15.9 Å².